The van der Waals surface area contributed by atoms with Crippen LogP contribution in [0.2, 0.25) is 10.0 Å². The SMILES string of the molecule is O=C(Cc1ccc(Cl)c(Cl)c1)CC1CCC1. The summed E-state index contributed by atoms with van der Waals surface area (Å²) in [4.78, 5) is 11.7. The zero-order valence-corrected chi connectivity index (χ0v) is 10.5. The van der Waals surface area contributed by atoms with Crippen molar-refractivity contribution in [2.24, 2.45) is 5.92 Å². The second-order valence-corrected chi connectivity index (χ2v) is 5.28. The van der Waals surface area contributed by atoms with Gasteiger partial charge in [0.2, 0.25) is 0 Å². The molecule has 1 aromatic rings. The summed E-state index contributed by atoms with van der Waals surface area (Å²) < 4.78 is 0. The first-order valence-corrected chi connectivity index (χ1v) is 6.36. The Kier molecular flexibility index (Phi) is 3.88. The molecule has 86 valence electrons. The number of ketones is 1. The Hall–Kier alpha value is -0.530. The Balaban J connectivity index is 1.92. The molecule has 0 aliphatic heterocycles. The maximum Gasteiger partial charge on any atom is 0.137 e. The van der Waals surface area contributed by atoms with Crippen molar-refractivity contribution in [3.8, 4) is 0 Å². The highest BCUT2D eigenvalue weighted by atomic mass is 35.5. The molecule has 0 N–H and O–H groups in total. The predicted octanol–water partition coefficient (Wildman–Crippen LogP) is 4.30. The standard InChI is InChI=1S/C13H14Cl2O/c14-12-5-4-10(8-13(12)15)7-11(16)6-9-2-1-3-9/h4-5,8-9H,1-3,6-7H2. The minimum absolute atomic E-state index is 0.308. The maximum atomic E-state index is 11.7. The van der Waals surface area contributed by atoms with E-state index in [1.54, 1.807) is 12.1 Å². The zero-order chi connectivity index (χ0) is 11.5. The summed E-state index contributed by atoms with van der Waals surface area (Å²) in [5.74, 6) is 0.943. The van der Waals surface area contributed by atoms with E-state index < -0.39 is 0 Å². The van der Waals surface area contributed by atoms with Gasteiger partial charge in [0.15, 0.2) is 0 Å². The molecule has 3 heteroatoms. The van der Waals surface area contributed by atoms with E-state index in [4.69, 9.17) is 23.2 Å². The second-order valence-electron chi connectivity index (χ2n) is 4.46. The summed E-state index contributed by atoms with van der Waals surface area (Å²) in [5, 5.41) is 1.06. The smallest absolute Gasteiger partial charge is 0.137 e. The van der Waals surface area contributed by atoms with Crippen LogP contribution >= 0.6 is 23.2 Å². The van der Waals surface area contributed by atoms with Crippen molar-refractivity contribution in [3.05, 3.63) is 33.8 Å². The molecular weight excluding hydrogens is 243 g/mol. The van der Waals surface area contributed by atoms with Gasteiger partial charge in [-0.25, -0.2) is 0 Å². The number of hydrogen-bond donors (Lipinski definition) is 0. The first-order chi connectivity index (χ1) is 7.65. The van der Waals surface area contributed by atoms with Gasteiger partial charge < -0.3 is 0 Å². The van der Waals surface area contributed by atoms with E-state index in [1.165, 1.54) is 19.3 Å². The van der Waals surface area contributed by atoms with Crippen LogP contribution in [0, 0.1) is 5.92 Å². The lowest BCUT2D eigenvalue weighted by Crippen LogP contribution is -2.17. The van der Waals surface area contributed by atoms with Crippen LogP contribution in [0.4, 0.5) is 0 Å². The van der Waals surface area contributed by atoms with Crippen LogP contribution in [-0.4, -0.2) is 5.78 Å². The van der Waals surface area contributed by atoms with Crippen molar-refractivity contribution >= 4 is 29.0 Å². The molecule has 1 fully saturated rings. The lowest BCUT2D eigenvalue weighted by Gasteiger charge is -2.24. The van der Waals surface area contributed by atoms with Crippen molar-refractivity contribution < 1.29 is 4.79 Å². The van der Waals surface area contributed by atoms with E-state index in [9.17, 15) is 4.79 Å². The molecular formula is C13H14Cl2O. The van der Waals surface area contributed by atoms with Gasteiger partial charge in [-0.3, -0.25) is 4.79 Å². The molecule has 1 aliphatic carbocycles. The largest absolute Gasteiger partial charge is 0.299 e. The highest BCUT2D eigenvalue weighted by Gasteiger charge is 2.20. The molecule has 0 amide bonds. The topological polar surface area (TPSA) is 17.1 Å². The molecule has 1 nitrogen and oxygen atoms in total. The molecule has 0 spiro atoms. The number of carbonyl (C=O) groups excluding carboxylic acids is 1. The van der Waals surface area contributed by atoms with Crippen LogP contribution in [0.15, 0.2) is 18.2 Å². The van der Waals surface area contributed by atoms with E-state index in [1.807, 2.05) is 6.07 Å². The summed E-state index contributed by atoms with van der Waals surface area (Å²) in [6.07, 6.45) is 4.92. The Morgan fingerprint density at radius 1 is 1.25 bits per heavy atom. The van der Waals surface area contributed by atoms with Crippen LogP contribution in [0.3, 0.4) is 0 Å². The van der Waals surface area contributed by atoms with Gasteiger partial charge in [0.05, 0.1) is 10.0 Å². The Morgan fingerprint density at radius 3 is 2.56 bits per heavy atom. The summed E-state index contributed by atoms with van der Waals surface area (Å²) >= 11 is 11.7. The summed E-state index contributed by atoms with van der Waals surface area (Å²) in [6, 6.07) is 5.39. The first-order valence-electron chi connectivity index (χ1n) is 5.61. The van der Waals surface area contributed by atoms with Crippen LogP contribution < -0.4 is 0 Å². The summed E-state index contributed by atoms with van der Waals surface area (Å²) in [6.45, 7) is 0. The molecule has 0 aromatic heterocycles. The van der Waals surface area contributed by atoms with E-state index in [-0.39, 0.29) is 0 Å². The van der Waals surface area contributed by atoms with Gasteiger partial charge in [-0.05, 0) is 23.6 Å². The average Bonchev–Trinajstić information content (AvgIpc) is 2.18. The number of Topliss-reactive ketones (excluding diaryl/α,β-unsaturated/α-hetero) is 1. The Morgan fingerprint density at radius 2 is 2.00 bits per heavy atom. The monoisotopic (exact) mass is 256 g/mol. The van der Waals surface area contributed by atoms with Gasteiger partial charge >= 0.3 is 0 Å². The quantitative estimate of drug-likeness (QED) is 0.786. The zero-order valence-electron chi connectivity index (χ0n) is 9.01. The number of halogens is 2. The van der Waals surface area contributed by atoms with Crippen LogP contribution in [0.5, 0.6) is 0 Å². The van der Waals surface area contributed by atoms with E-state index in [0.717, 1.165) is 12.0 Å². The molecule has 0 radical (unpaired) electrons. The fourth-order valence-electron chi connectivity index (χ4n) is 1.97. The molecule has 1 aliphatic rings. The minimum Gasteiger partial charge on any atom is -0.299 e. The van der Waals surface area contributed by atoms with Crippen molar-refractivity contribution in [2.45, 2.75) is 32.1 Å². The lowest BCUT2D eigenvalue weighted by atomic mass is 9.81. The minimum atomic E-state index is 0.308. The highest BCUT2D eigenvalue weighted by molar-refractivity contribution is 6.42. The first kappa shape index (κ1) is 11.9. The van der Waals surface area contributed by atoms with Gasteiger partial charge in [0.25, 0.3) is 0 Å². The van der Waals surface area contributed by atoms with Crippen LogP contribution in [-0.2, 0) is 11.2 Å². The average molecular weight is 257 g/mol. The Labute approximate surface area is 106 Å². The predicted molar refractivity (Wildman–Crippen MR) is 67.1 cm³/mol. The normalized spacial score (nSPS) is 15.9. The van der Waals surface area contributed by atoms with Gasteiger partial charge in [-0.1, -0.05) is 48.5 Å². The van der Waals surface area contributed by atoms with E-state index in [2.05, 4.69) is 0 Å². The number of hydrogen-bond acceptors (Lipinski definition) is 1. The van der Waals surface area contributed by atoms with E-state index >= 15 is 0 Å². The van der Waals surface area contributed by atoms with Crippen molar-refractivity contribution in [1.29, 1.82) is 0 Å². The second kappa shape index (κ2) is 5.20. The lowest BCUT2D eigenvalue weighted by molar-refractivity contribution is -0.119. The molecule has 0 atom stereocenters. The van der Waals surface area contributed by atoms with Gasteiger partial charge in [0, 0.05) is 12.8 Å². The molecule has 16 heavy (non-hydrogen) atoms. The maximum absolute atomic E-state index is 11.7. The third kappa shape index (κ3) is 2.99. The summed E-state index contributed by atoms with van der Waals surface area (Å²) in [7, 11) is 0. The molecule has 1 saturated carbocycles. The molecule has 0 heterocycles. The van der Waals surface area contributed by atoms with Crippen LogP contribution in [0.1, 0.15) is 31.2 Å². The fraction of sp³-hybridized carbons (Fsp3) is 0.462. The highest BCUT2D eigenvalue weighted by Crippen LogP contribution is 2.30. The van der Waals surface area contributed by atoms with Crippen LogP contribution in [0.25, 0.3) is 0 Å². The fourth-order valence-corrected chi connectivity index (χ4v) is 2.29. The molecule has 0 bridgehead atoms. The number of rotatable bonds is 4. The number of benzene rings is 1. The van der Waals surface area contributed by atoms with Crippen molar-refractivity contribution in [1.82, 2.24) is 0 Å². The third-order valence-corrected chi connectivity index (χ3v) is 3.87. The number of carbonyl (C=O) groups is 1. The van der Waals surface area contributed by atoms with Gasteiger partial charge in [0.1, 0.15) is 5.78 Å². The summed E-state index contributed by atoms with van der Waals surface area (Å²) in [5.41, 5.74) is 0.957. The van der Waals surface area contributed by atoms with Crippen molar-refractivity contribution in [3.63, 3.8) is 0 Å². The molecule has 0 saturated heterocycles. The molecule has 1 aromatic carbocycles. The molecule has 2 rings (SSSR count). The Bertz CT molecular complexity index is 397. The van der Waals surface area contributed by atoms with E-state index in [0.29, 0.717) is 28.2 Å². The third-order valence-electron chi connectivity index (χ3n) is 3.13. The van der Waals surface area contributed by atoms with Gasteiger partial charge in [-0.15, -0.1) is 0 Å². The molecule has 0 unspecified atom stereocenters. The van der Waals surface area contributed by atoms with Crippen molar-refractivity contribution in [2.75, 3.05) is 0 Å². The van der Waals surface area contributed by atoms with Gasteiger partial charge in [-0.2, -0.15) is 0 Å².